The van der Waals surface area contributed by atoms with Crippen LogP contribution in [0.3, 0.4) is 0 Å². The van der Waals surface area contributed by atoms with Crippen molar-refractivity contribution in [2.75, 3.05) is 19.0 Å². The van der Waals surface area contributed by atoms with Gasteiger partial charge in [-0.05, 0) is 17.2 Å². The number of anilines is 1. The predicted molar refractivity (Wildman–Crippen MR) is 76.1 cm³/mol. The summed E-state index contributed by atoms with van der Waals surface area (Å²) in [5, 5.41) is 0. The fraction of sp³-hybridized carbons (Fsp3) is 0.125. The largest absolute Gasteiger partial charge is 0.377 e. The van der Waals surface area contributed by atoms with Gasteiger partial charge in [-0.3, -0.25) is 0 Å². The summed E-state index contributed by atoms with van der Waals surface area (Å²) in [5.74, 6) is 0. The van der Waals surface area contributed by atoms with Crippen LogP contribution >= 0.6 is 0 Å². The maximum Gasteiger partial charge on any atom is 0.0434 e. The normalized spacial score (nSPS) is 10.7. The van der Waals surface area contributed by atoms with Crippen LogP contribution in [-0.2, 0) is 0 Å². The number of hydrogen-bond donors (Lipinski definition) is 0. The molecule has 0 fully saturated rings. The first kappa shape index (κ1) is 11.5. The second kappa shape index (κ2) is 5.35. The van der Waals surface area contributed by atoms with Crippen molar-refractivity contribution in [2.45, 2.75) is 0 Å². The second-order valence-corrected chi connectivity index (χ2v) is 4.20. The third-order valence-corrected chi connectivity index (χ3v) is 2.67. The van der Waals surface area contributed by atoms with Gasteiger partial charge in [-0.2, -0.15) is 0 Å². The molecule has 0 aliphatic heterocycles. The molecule has 0 saturated heterocycles. The van der Waals surface area contributed by atoms with Gasteiger partial charge in [0.25, 0.3) is 0 Å². The molecule has 1 heteroatoms. The van der Waals surface area contributed by atoms with E-state index in [1.165, 1.54) is 16.8 Å². The fourth-order valence-electron chi connectivity index (χ4n) is 1.79. The van der Waals surface area contributed by atoms with Crippen LogP contribution in [0, 0.1) is 0 Å². The Kier molecular flexibility index (Phi) is 3.61. The van der Waals surface area contributed by atoms with E-state index in [-0.39, 0.29) is 0 Å². The van der Waals surface area contributed by atoms with E-state index >= 15 is 0 Å². The van der Waals surface area contributed by atoms with E-state index in [9.17, 15) is 0 Å². The van der Waals surface area contributed by atoms with Crippen LogP contribution < -0.4 is 4.90 Å². The molecular formula is C16H17N. The Morgan fingerprint density at radius 3 is 2.12 bits per heavy atom. The lowest BCUT2D eigenvalue weighted by Crippen LogP contribution is -2.09. The van der Waals surface area contributed by atoms with E-state index in [1.54, 1.807) is 0 Å². The van der Waals surface area contributed by atoms with Gasteiger partial charge < -0.3 is 4.90 Å². The van der Waals surface area contributed by atoms with Crippen molar-refractivity contribution in [1.82, 2.24) is 0 Å². The monoisotopic (exact) mass is 223 g/mol. The van der Waals surface area contributed by atoms with E-state index in [0.29, 0.717) is 0 Å². The molecule has 0 heterocycles. The van der Waals surface area contributed by atoms with Crippen LogP contribution in [0.25, 0.3) is 12.2 Å². The zero-order valence-corrected chi connectivity index (χ0v) is 10.3. The van der Waals surface area contributed by atoms with Crippen LogP contribution in [-0.4, -0.2) is 14.1 Å². The Morgan fingerprint density at radius 1 is 0.765 bits per heavy atom. The van der Waals surface area contributed by atoms with E-state index < -0.39 is 0 Å². The summed E-state index contributed by atoms with van der Waals surface area (Å²) in [6.07, 6.45) is 4.30. The molecule has 0 aliphatic rings. The average molecular weight is 223 g/mol. The summed E-state index contributed by atoms with van der Waals surface area (Å²) in [6.45, 7) is 0. The minimum absolute atomic E-state index is 1.22. The molecule has 2 aromatic carbocycles. The van der Waals surface area contributed by atoms with Gasteiger partial charge in [0.1, 0.15) is 0 Å². The van der Waals surface area contributed by atoms with Crippen molar-refractivity contribution < 1.29 is 0 Å². The van der Waals surface area contributed by atoms with Gasteiger partial charge in [0.05, 0.1) is 0 Å². The maximum absolute atomic E-state index is 2.16. The lowest BCUT2D eigenvalue weighted by atomic mass is 10.1. The first-order valence-electron chi connectivity index (χ1n) is 5.77. The van der Waals surface area contributed by atoms with Gasteiger partial charge in [-0.25, -0.2) is 0 Å². The maximum atomic E-state index is 2.16. The molecule has 0 amide bonds. The van der Waals surface area contributed by atoms with Crippen molar-refractivity contribution in [2.24, 2.45) is 0 Å². The topological polar surface area (TPSA) is 3.24 Å². The van der Waals surface area contributed by atoms with E-state index in [4.69, 9.17) is 0 Å². The highest BCUT2D eigenvalue weighted by atomic mass is 15.1. The van der Waals surface area contributed by atoms with Crippen molar-refractivity contribution in [3.05, 3.63) is 65.7 Å². The fourth-order valence-corrected chi connectivity index (χ4v) is 1.79. The van der Waals surface area contributed by atoms with Gasteiger partial charge in [0.2, 0.25) is 0 Å². The summed E-state index contributed by atoms with van der Waals surface area (Å²) in [5.41, 5.74) is 3.70. The second-order valence-electron chi connectivity index (χ2n) is 4.20. The lowest BCUT2D eigenvalue weighted by Gasteiger charge is -2.15. The molecule has 2 rings (SSSR count). The van der Waals surface area contributed by atoms with Gasteiger partial charge in [-0.15, -0.1) is 0 Å². The molecule has 0 saturated carbocycles. The SMILES string of the molecule is CN(C)c1ccccc1C=Cc1ccccc1. The average Bonchev–Trinajstić information content (AvgIpc) is 2.38. The predicted octanol–water partition coefficient (Wildman–Crippen LogP) is 3.92. The van der Waals surface area contributed by atoms with E-state index in [1.807, 2.05) is 6.07 Å². The van der Waals surface area contributed by atoms with Crippen LogP contribution in [0.2, 0.25) is 0 Å². The number of benzene rings is 2. The van der Waals surface area contributed by atoms with E-state index in [2.05, 4.69) is 79.7 Å². The molecule has 0 radical (unpaired) electrons. The summed E-state index contributed by atoms with van der Waals surface area (Å²) in [6, 6.07) is 18.7. The minimum Gasteiger partial charge on any atom is -0.377 e. The Bertz CT molecular complexity index is 498. The molecule has 0 bridgehead atoms. The standard InChI is InChI=1S/C16H17N/c1-17(2)16-11-7-6-10-15(16)13-12-14-8-4-3-5-9-14/h3-13H,1-2H3. The number of nitrogens with zero attached hydrogens (tertiary/aromatic N) is 1. The summed E-state index contributed by atoms with van der Waals surface area (Å²) in [7, 11) is 4.13. The van der Waals surface area contributed by atoms with Gasteiger partial charge in [0, 0.05) is 19.8 Å². The molecule has 86 valence electrons. The molecule has 2 aromatic rings. The van der Waals surface area contributed by atoms with Crippen LogP contribution in [0.1, 0.15) is 11.1 Å². The van der Waals surface area contributed by atoms with Gasteiger partial charge in [-0.1, -0.05) is 60.7 Å². The molecule has 0 aromatic heterocycles. The van der Waals surface area contributed by atoms with Crippen molar-refractivity contribution in [3.8, 4) is 0 Å². The van der Waals surface area contributed by atoms with Crippen molar-refractivity contribution in [3.63, 3.8) is 0 Å². The highest BCUT2D eigenvalue weighted by molar-refractivity contribution is 5.76. The summed E-state index contributed by atoms with van der Waals surface area (Å²) in [4.78, 5) is 2.13. The quantitative estimate of drug-likeness (QED) is 0.713. The van der Waals surface area contributed by atoms with Crippen molar-refractivity contribution in [1.29, 1.82) is 0 Å². The number of hydrogen-bond acceptors (Lipinski definition) is 1. The Morgan fingerprint density at radius 2 is 1.41 bits per heavy atom. The van der Waals surface area contributed by atoms with Crippen molar-refractivity contribution >= 4 is 17.8 Å². The first-order valence-corrected chi connectivity index (χ1v) is 5.77. The molecule has 0 spiro atoms. The first-order chi connectivity index (χ1) is 8.27. The highest BCUT2D eigenvalue weighted by Crippen LogP contribution is 2.20. The molecule has 0 N–H and O–H groups in total. The van der Waals surface area contributed by atoms with E-state index in [0.717, 1.165) is 0 Å². The summed E-state index contributed by atoms with van der Waals surface area (Å²) >= 11 is 0. The van der Waals surface area contributed by atoms with Crippen LogP contribution in [0.15, 0.2) is 54.6 Å². The Labute approximate surface area is 103 Å². The highest BCUT2D eigenvalue weighted by Gasteiger charge is 1.99. The Hall–Kier alpha value is -2.02. The minimum atomic E-state index is 1.22. The van der Waals surface area contributed by atoms with Crippen LogP contribution in [0.5, 0.6) is 0 Å². The smallest absolute Gasteiger partial charge is 0.0434 e. The zero-order valence-electron chi connectivity index (χ0n) is 10.3. The molecule has 17 heavy (non-hydrogen) atoms. The molecular weight excluding hydrogens is 206 g/mol. The van der Waals surface area contributed by atoms with Crippen LogP contribution in [0.4, 0.5) is 5.69 Å². The molecule has 0 aliphatic carbocycles. The molecule has 0 unspecified atom stereocenters. The lowest BCUT2D eigenvalue weighted by molar-refractivity contribution is 1.13. The third kappa shape index (κ3) is 2.97. The number of para-hydroxylation sites is 1. The molecule has 1 nitrogen and oxygen atoms in total. The van der Waals surface area contributed by atoms with Gasteiger partial charge in [0.15, 0.2) is 0 Å². The molecule has 0 atom stereocenters. The third-order valence-electron chi connectivity index (χ3n) is 2.67. The Balaban J connectivity index is 2.27. The van der Waals surface area contributed by atoms with Gasteiger partial charge >= 0.3 is 0 Å². The zero-order chi connectivity index (χ0) is 12.1. The number of rotatable bonds is 3. The summed E-state index contributed by atoms with van der Waals surface area (Å²) < 4.78 is 0.